The average molecular weight is 508 g/mol. The van der Waals surface area contributed by atoms with Gasteiger partial charge in [-0.3, -0.25) is 9.78 Å². The maximum absolute atomic E-state index is 14.3. The van der Waals surface area contributed by atoms with Gasteiger partial charge in [0, 0.05) is 23.3 Å². The molecule has 8 nitrogen and oxygen atoms in total. The molecular weight excluding hydrogens is 486 g/mol. The van der Waals surface area contributed by atoms with Gasteiger partial charge in [-0.05, 0) is 35.4 Å². The van der Waals surface area contributed by atoms with Gasteiger partial charge in [0.15, 0.2) is 0 Å². The van der Waals surface area contributed by atoms with E-state index in [1.54, 1.807) is 18.5 Å². The predicted octanol–water partition coefficient (Wildman–Crippen LogP) is 6.11. The molecule has 186 valence electrons. The first-order valence-corrected chi connectivity index (χ1v) is 12.4. The van der Waals surface area contributed by atoms with Crippen molar-refractivity contribution in [3.63, 3.8) is 0 Å². The highest BCUT2D eigenvalue weighted by Gasteiger charge is 2.23. The van der Waals surface area contributed by atoms with Crippen LogP contribution in [-0.2, 0) is 0 Å². The Bertz CT molecular complexity index is 2000. The van der Waals surface area contributed by atoms with E-state index in [1.165, 1.54) is 10.8 Å². The van der Waals surface area contributed by atoms with E-state index in [0.29, 0.717) is 28.5 Å². The van der Waals surface area contributed by atoms with Crippen LogP contribution in [0.3, 0.4) is 0 Å². The fourth-order valence-electron chi connectivity index (χ4n) is 4.84. The van der Waals surface area contributed by atoms with Gasteiger partial charge in [0.05, 0.1) is 16.6 Å². The van der Waals surface area contributed by atoms with E-state index in [0.717, 1.165) is 33.2 Å². The standard InChI is InChI=1S/C31H21N7O/c39-31-27(23-13-14-24-22(18-23)12-7-16-33-24)29(35-25-15-17-32-19-34-25)36-30-26(20-8-3-1-4-9-20)28(37-38(30)31)21-10-5-2-6-11-21/h1-19,36H,(H,32,34,35). The molecule has 4 aromatic heterocycles. The number of benzene rings is 3. The molecule has 0 saturated carbocycles. The topological polar surface area (TPSA) is 101 Å². The highest BCUT2D eigenvalue weighted by Crippen LogP contribution is 2.36. The van der Waals surface area contributed by atoms with Crippen LogP contribution in [0.15, 0.2) is 121 Å². The van der Waals surface area contributed by atoms with Crippen LogP contribution in [0.4, 0.5) is 11.6 Å². The molecule has 0 aliphatic rings. The summed E-state index contributed by atoms with van der Waals surface area (Å²) in [6.45, 7) is 0. The monoisotopic (exact) mass is 507 g/mol. The number of H-pyrrole nitrogens is 1. The van der Waals surface area contributed by atoms with Crippen LogP contribution in [0.1, 0.15) is 0 Å². The number of hydrogen-bond donors (Lipinski definition) is 2. The van der Waals surface area contributed by atoms with Crippen molar-refractivity contribution in [3.05, 3.63) is 126 Å². The van der Waals surface area contributed by atoms with Crippen molar-refractivity contribution in [2.75, 3.05) is 5.32 Å². The highest BCUT2D eigenvalue weighted by atomic mass is 16.1. The van der Waals surface area contributed by atoms with Gasteiger partial charge in [-0.1, -0.05) is 72.8 Å². The third-order valence-corrected chi connectivity index (χ3v) is 6.62. The molecule has 3 aromatic carbocycles. The van der Waals surface area contributed by atoms with Gasteiger partial charge in [-0.25, -0.2) is 9.97 Å². The minimum absolute atomic E-state index is 0.261. The van der Waals surface area contributed by atoms with E-state index in [1.807, 2.05) is 91.0 Å². The van der Waals surface area contributed by atoms with Gasteiger partial charge >= 0.3 is 0 Å². The smallest absolute Gasteiger partial charge is 0.284 e. The van der Waals surface area contributed by atoms with Crippen LogP contribution < -0.4 is 10.9 Å². The molecule has 8 heteroatoms. The molecule has 7 aromatic rings. The van der Waals surface area contributed by atoms with Gasteiger partial charge in [0.2, 0.25) is 0 Å². The highest BCUT2D eigenvalue weighted by molar-refractivity contribution is 5.93. The number of nitrogens with one attached hydrogen (secondary N) is 2. The molecule has 2 N–H and O–H groups in total. The van der Waals surface area contributed by atoms with Gasteiger partial charge in [-0.15, -0.1) is 0 Å². The van der Waals surface area contributed by atoms with Crippen molar-refractivity contribution >= 4 is 28.2 Å². The second-order valence-corrected chi connectivity index (χ2v) is 9.03. The number of hydrogen-bond acceptors (Lipinski definition) is 6. The Hall–Kier alpha value is -5.63. The van der Waals surface area contributed by atoms with Crippen LogP contribution in [0.25, 0.3) is 50.1 Å². The van der Waals surface area contributed by atoms with Gasteiger partial charge < -0.3 is 10.3 Å². The van der Waals surface area contributed by atoms with Crippen LogP contribution in [0.5, 0.6) is 0 Å². The minimum Gasteiger partial charge on any atom is -0.326 e. The fraction of sp³-hybridized carbons (Fsp3) is 0. The SMILES string of the molecule is O=c1c(-c2ccc3ncccc3c2)c(Nc2ccncn2)[nH]c2c(-c3ccccc3)c(-c3ccccc3)nn12. The fourth-order valence-corrected chi connectivity index (χ4v) is 4.84. The van der Waals surface area contributed by atoms with Gasteiger partial charge in [0.1, 0.15) is 29.3 Å². The van der Waals surface area contributed by atoms with E-state index in [9.17, 15) is 4.79 Å². The molecule has 0 atom stereocenters. The average Bonchev–Trinajstić information content (AvgIpc) is 3.38. The van der Waals surface area contributed by atoms with E-state index >= 15 is 0 Å². The summed E-state index contributed by atoms with van der Waals surface area (Å²) >= 11 is 0. The Balaban J connectivity index is 1.56. The van der Waals surface area contributed by atoms with Crippen molar-refractivity contribution in [1.29, 1.82) is 0 Å². The summed E-state index contributed by atoms with van der Waals surface area (Å²) in [5, 5.41) is 9.11. The van der Waals surface area contributed by atoms with Crippen molar-refractivity contribution in [1.82, 2.24) is 29.5 Å². The zero-order valence-electron chi connectivity index (χ0n) is 20.6. The molecule has 7 rings (SSSR count). The number of aromatic nitrogens is 6. The summed E-state index contributed by atoms with van der Waals surface area (Å²) in [6.07, 6.45) is 4.86. The number of rotatable bonds is 5. The number of pyridine rings is 1. The molecule has 0 spiro atoms. The van der Waals surface area contributed by atoms with E-state index < -0.39 is 0 Å². The quantitative estimate of drug-likeness (QED) is 0.292. The lowest BCUT2D eigenvalue weighted by Gasteiger charge is -2.13. The van der Waals surface area contributed by atoms with Gasteiger partial charge in [-0.2, -0.15) is 9.61 Å². The predicted molar refractivity (Wildman–Crippen MR) is 153 cm³/mol. The van der Waals surface area contributed by atoms with Crippen molar-refractivity contribution < 1.29 is 0 Å². The summed E-state index contributed by atoms with van der Waals surface area (Å²) in [5.74, 6) is 1.06. The van der Waals surface area contributed by atoms with Crippen LogP contribution in [-0.4, -0.2) is 29.5 Å². The Kier molecular flexibility index (Phi) is 5.41. The third kappa shape index (κ3) is 4.00. The number of nitrogens with zero attached hydrogens (tertiary/aromatic N) is 5. The molecule has 0 fully saturated rings. The van der Waals surface area contributed by atoms with Crippen LogP contribution >= 0.6 is 0 Å². The normalized spacial score (nSPS) is 11.2. The third-order valence-electron chi connectivity index (χ3n) is 6.62. The maximum Gasteiger partial charge on any atom is 0.284 e. The summed E-state index contributed by atoms with van der Waals surface area (Å²) < 4.78 is 1.46. The molecule has 0 aliphatic heterocycles. The Morgan fingerprint density at radius 3 is 2.28 bits per heavy atom. The molecule has 0 radical (unpaired) electrons. The number of aromatic amines is 1. The zero-order valence-corrected chi connectivity index (χ0v) is 20.6. The first-order chi connectivity index (χ1) is 19.3. The van der Waals surface area contributed by atoms with E-state index in [-0.39, 0.29) is 5.56 Å². The second kappa shape index (κ2) is 9.35. The summed E-state index contributed by atoms with van der Waals surface area (Å²) in [5.41, 5.74) is 5.73. The first kappa shape index (κ1) is 22.6. The van der Waals surface area contributed by atoms with Crippen molar-refractivity contribution in [3.8, 4) is 33.5 Å². The van der Waals surface area contributed by atoms with Gasteiger partial charge in [0.25, 0.3) is 5.56 Å². The van der Waals surface area contributed by atoms with Crippen LogP contribution in [0, 0.1) is 0 Å². The lowest BCUT2D eigenvalue weighted by Crippen LogP contribution is -2.20. The zero-order chi connectivity index (χ0) is 26.2. The molecule has 0 bridgehead atoms. The summed E-state index contributed by atoms with van der Waals surface area (Å²) in [7, 11) is 0. The maximum atomic E-state index is 14.3. The Morgan fingerprint density at radius 2 is 1.51 bits per heavy atom. The summed E-state index contributed by atoms with van der Waals surface area (Å²) in [6, 6.07) is 31.2. The van der Waals surface area contributed by atoms with E-state index in [4.69, 9.17) is 5.10 Å². The summed E-state index contributed by atoms with van der Waals surface area (Å²) in [4.78, 5) is 30.6. The Morgan fingerprint density at radius 1 is 0.718 bits per heavy atom. The molecule has 0 aliphatic carbocycles. The molecule has 39 heavy (non-hydrogen) atoms. The minimum atomic E-state index is -0.261. The second-order valence-electron chi connectivity index (χ2n) is 9.03. The van der Waals surface area contributed by atoms with E-state index in [2.05, 4.69) is 25.3 Å². The van der Waals surface area contributed by atoms with Crippen molar-refractivity contribution in [2.24, 2.45) is 0 Å². The molecule has 0 unspecified atom stereocenters. The van der Waals surface area contributed by atoms with Crippen LogP contribution in [0.2, 0.25) is 0 Å². The molecule has 0 amide bonds. The van der Waals surface area contributed by atoms with Crippen molar-refractivity contribution in [2.45, 2.75) is 0 Å². The lowest BCUT2D eigenvalue weighted by molar-refractivity contribution is 0.907. The first-order valence-electron chi connectivity index (χ1n) is 12.4. The number of anilines is 2. The largest absolute Gasteiger partial charge is 0.326 e. The lowest BCUT2D eigenvalue weighted by atomic mass is 10.0. The molecule has 0 saturated heterocycles. The molecular formula is C31H21N7O. The molecule has 4 heterocycles. The Labute approximate surface area is 222 Å². The number of fused-ring (bicyclic) bond motifs is 2.